The van der Waals surface area contributed by atoms with E-state index >= 15 is 0 Å². The van der Waals surface area contributed by atoms with Crippen LogP contribution in [0.3, 0.4) is 0 Å². The van der Waals surface area contributed by atoms with Crippen molar-refractivity contribution in [1.82, 2.24) is 19.7 Å². The monoisotopic (exact) mass is 382 g/mol. The molecule has 1 aliphatic heterocycles. The van der Waals surface area contributed by atoms with Crippen molar-refractivity contribution in [3.63, 3.8) is 0 Å². The zero-order valence-electron chi connectivity index (χ0n) is 14.7. The number of rotatable bonds is 6. The Morgan fingerprint density at radius 1 is 1.26 bits per heavy atom. The number of nitrogens with zero attached hydrogens (tertiary/aromatic N) is 4. The Balaban J connectivity index is 1.75. The van der Waals surface area contributed by atoms with E-state index in [1.807, 2.05) is 47.9 Å². The molecule has 3 heterocycles. The van der Waals surface area contributed by atoms with E-state index in [1.165, 1.54) is 11.8 Å². The summed E-state index contributed by atoms with van der Waals surface area (Å²) in [5.41, 5.74) is 1.73. The predicted octanol–water partition coefficient (Wildman–Crippen LogP) is 3.14. The fourth-order valence-electron chi connectivity index (χ4n) is 2.83. The number of ether oxygens (including phenoxy) is 2. The van der Waals surface area contributed by atoms with Gasteiger partial charge < -0.3 is 9.47 Å². The highest BCUT2D eigenvalue weighted by Gasteiger charge is 2.30. The van der Waals surface area contributed by atoms with Crippen LogP contribution in [0.25, 0.3) is 17.1 Å². The Morgan fingerprint density at radius 2 is 2.11 bits per heavy atom. The van der Waals surface area contributed by atoms with Gasteiger partial charge in [0.25, 0.3) is 0 Å². The van der Waals surface area contributed by atoms with Crippen molar-refractivity contribution >= 4 is 17.7 Å². The summed E-state index contributed by atoms with van der Waals surface area (Å²) in [6, 6.07) is 11.5. The summed E-state index contributed by atoms with van der Waals surface area (Å²) in [4.78, 5) is 16.1. The number of pyridine rings is 1. The van der Waals surface area contributed by atoms with Gasteiger partial charge in [-0.15, -0.1) is 10.2 Å². The number of hydrogen-bond acceptors (Lipinski definition) is 7. The van der Waals surface area contributed by atoms with Gasteiger partial charge in [0.2, 0.25) is 0 Å². The molecule has 0 saturated carbocycles. The highest BCUT2D eigenvalue weighted by molar-refractivity contribution is 8.00. The topological polar surface area (TPSA) is 79.1 Å². The Bertz CT molecular complexity index is 928. The minimum absolute atomic E-state index is 0.204. The number of aromatic nitrogens is 4. The van der Waals surface area contributed by atoms with Gasteiger partial charge in [-0.3, -0.25) is 14.3 Å². The lowest BCUT2D eigenvalue weighted by molar-refractivity contribution is -0.137. The van der Waals surface area contributed by atoms with E-state index in [2.05, 4.69) is 15.2 Å². The number of hydrogen-bond donors (Lipinski definition) is 0. The second-order valence-corrected chi connectivity index (χ2v) is 7.04. The van der Waals surface area contributed by atoms with Gasteiger partial charge in [-0.05, 0) is 43.3 Å². The van der Waals surface area contributed by atoms with E-state index in [9.17, 15) is 4.79 Å². The van der Waals surface area contributed by atoms with E-state index < -0.39 is 0 Å². The lowest BCUT2D eigenvalue weighted by atomic mass is 10.2. The molecule has 7 nitrogen and oxygen atoms in total. The fourth-order valence-corrected chi connectivity index (χ4v) is 3.85. The molecule has 0 amide bonds. The minimum atomic E-state index is -0.266. The van der Waals surface area contributed by atoms with Crippen LogP contribution >= 0.6 is 11.8 Å². The molecule has 1 fully saturated rings. The molecule has 1 aromatic carbocycles. The number of carbonyl (C=O) groups excluding carboxylic acids is 1. The van der Waals surface area contributed by atoms with Crippen molar-refractivity contribution in [2.75, 3.05) is 13.2 Å². The second-order valence-electron chi connectivity index (χ2n) is 5.87. The third kappa shape index (κ3) is 3.66. The number of cyclic esters (lactones) is 1. The number of benzene rings is 1. The Labute approximate surface area is 160 Å². The smallest absolute Gasteiger partial charge is 0.319 e. The van der Waals surface area contributed by atoms with Crippen molar-refractivity contribution in [3.8, 4) is 22.8 Å². The molecule has 8 heteroatoms. The Hall–Kier alpha value is -2.87. The molecule has 4 rings (SSSR count). The average Bonchev–Trinajstić information content (AvgIpc) is 3.30. The molecule has 1 atom stereocenters. The lowest BCUT2D eigenvalue weighted by Crippen LogP contribution is -2.11. The molecule has 0 spiro atoms. The summed E-state index contributed by atoms with van der Waals surface area (Å²) in [5.74, 6) is 1.26. The molecular formula is C19H18N4O3S. The quantitative estimate of drug-likeness (QED) is 0.606. The first kappa shape index (κ1) is 17.5. The molecule has 2 aromatic heterocycles. The normalized spacial score (nSPS) is 16.3. The van der Waals surface area contributed by atoms with E-state index in [4.69, 9.17) is 9.47 Å². The van der Waals surface area contributed by atoms with Crippen LogP contribution in [0.5, 0.6) is 5.75 Å². The molecule has 27 heavy (non-hydrogen) atoms. The highest BCUT2D eigenvalue weighted by atomic mass is 32.2. The zero-order chi connectivity index (χ0) is 18.6. The third-order valence-electron chi connectivity index (χ3n) is 4.09. The molecule has 0 bridgehead atoms. The maximum Gasteiger partial charge on any atom is 0.319 e. The van der Waals surface area contributed by atoms with Crippen LogP contribution < -0.4 is 4.74 Å². The molecule has 1 saturated heterocycles. The molecule has 0 radical (unpaired) electrons. The molecule has 3 aromatic rings. The van der Waals surface area contributed by atoms with Crippen LogP contribution in [0.15, 0.2) is 53.9 Å². The van der Waals surface area contributed by atoms with Crippen molar-refractivity contribution in [1.29, 1.82) is 0 Å². The van der Waals surface area contributed by atoms with Crippen LogP contribution in [0.4, 0.5) is 0 Å². The first-order valence-corrected chi connectivity index (χ1v) is 9.56. The fraction of sp³-hybridized carbons (Fsp3) is 0.263. The number of thioether (sulfide) groups is 1. The van der Waals surface area contributed by atoms with Crippen LogP contribution in [-0.2, 0) is 9.53 Å². The van der Waals surface area contributed by atoms with Gasteiger partial charge in [-0.25, -0.2) is 0 Å². The van der Waals surface area contributed by atoms with Gasteiger partial charge in [0.1, 0.15) is 11.0 Å². The minimum Gasteiger partial charge on any atom is -0.494 e. The number of carbonyl (C=O) groups is 1. The van der Waals surface area contributed by atoms with Gasteiger partial charge in [0.05, 0.1) is 13.2 Å². The SMILES string of the molecule is CCOc1ccc(-n2c(S[C@@H]3CCOC3=O)nnc2-c2cccnc2)cc1. The molecule has 0 unspecified atom stereocenters. The molecule has 1 aliphatic rings. The van der Waals surface area contributed by atoms with E-state index in [-0.39, 0.29) is 11.2 Å². The number of esters is 1. The molecule has 0 N–H and O–H groups in total. The highest BCUT2D eigenvalue weighted by Crippen LogP contribution is 2.33. The van der Waals surface area contributed by atoms with E-state index in [1.54, 1.807) is 12.4 Å². The Kier molecular flexibility index (Phi) is 5.06. The maximum atomic E-state index is 11.9. The van der Waals surface area contributed by atoms with Crippen LogP contribution in [0.1, 0.15) is 13.3 Å². The zero-order valence-corrected chi connectivity index (χ0v) is 15.6. The average molecular weight is 382 g/mol. The van der Waals surface area contributed by atoms with Crippen molar-refractivity contribution in [2.24, 2.45) is 0 Å². The van der Waals surface area contributed by atoms with E-state index in [0.29, 0.717) is 30.6 Å². The first-order chi connectivity index (χ1) is 13.3. The van der Waals surface area contributed by atoms with E-state index in [0.717, 1.165) is 17.0 Å². The summed E-state index contributed by atoms with van der Waals surface area (Å²) in [7, 11) is 0. The summed E-state index contributed by atoms with van der Waals surface area (Å²) < 4.78 is 12.5. The van der Waals surface area contributed by atoms with Gasteiger partial charge in [0.15, 0.2) is 11.0 Å². The van der Waals surface area contributed by atoms with Crippen molar-refractivity contribution < 1.29 is 14.3 Å². The van der Waals surface area contributed by atoms with Crippen molar-refractivity contribution in [2.45, 2.75) is 23.8 Å². The largest absolute Gasteiger partial charge is 0.494 e. The summed E-state index contributed by atoms with van der Waals surface area (Å²) >= 11 is 1.37. The predicted molar refractivity (Wildman–Crippen MR) is 101 cm³/mol. The Morgan fingerprint density at radius 3 is 2.78 bits per heavy atom. The maximum absolute atomic E-state index is 11.9. The lowest BCUT2D eigenvalue weighted by Gasteiger charge is -2.12. The molecule has 0 aliphatic carbocycles. The summed E-state index contributed by atoms with van der Waals surface area (Å²) in [5, 5.41) is 9.07. The van der Waals surface area contributed by atoms with Gasteiger partial charge in [-0.2, -0.15) is 0 Å². The third-order valence-corrected chi connectivity index (χ3v) is 5.28. The first-order valence-electron chi connectivity index (χ1n) is 8.68. The van der Waals surface area contributed by atoms with Gasteiger partial charge >= 0.3 is 5.97 Å². The molecular weight excluding hydrogens is 364 g/mol. The standard InChI is InChI=1S/C19H18N4O3S/c1-2-25-15-7-5-14(6-8-15)23-17(13-4-3-10-20-12-13)21-22-19(23)27-16-9-11-26-18(16)24/h3-8,10,12,16H,2,9,11H2,1H3/t16-/m1/s1. The molecule has 138 valence electrons. The van der Waals surface area contributed by atoms with Crippen molar-refractivity contribution in [3.05, 3.63) is 48.8 Å². The van der Waals surface area contributed by atoms with Crippen LogP contribution in [0, 0.1) is 0 Å². The second kappa shape index (κ2) is 7.79. The summed E-state index contributed by atoms with van der Waals surface area (Å²) in [6.07, 6.45) is 4.13. The van der Waals surface area contributed by atoms with Gasteiger partial charge in [0, 0.05) is 30.1 Å². The summed E-state index contributed by atoms with van der Waals surface area (Å²) in [6.45, 7) is 3.00. The van der Waals surface area contributed by atoms with Gasteiger partial charge in [-0.1, -0.05) is 11.8 Å². The van der Waals surface area contributed by atoms with Crippen LogP contribution in [-0.4, -0.2) is 44.2 Å². The van der Waals surface area contributed by atoms with Crippen LogP contribution in [0.2, 0.25) is 0 Å².